The van der Waals surface area contributed by atoms with Crippen molar-refractivity contribution in [3.63, 3.8) is 0 Å². The van der Waals surface area contributed by atoms with Gasteiger partial charge in [0.25, 0.3) is 0 Å². The maximum absolute atomic E-state index is 12.7. The standard InChI is InChI=1S/C25H34N4O3/c1-3-4-9-27-25(31)17-7-10-29(11-8-17)21-13-18-20(14-23(21)32-2)28-15-19(24(18)26)22(30)12-16-5-6-16/h13-17H,3-12H2,1-2H3,(H2,26,28)(H,27,31). The van der Waals surface area contributed by atoms with Crippen molar-refractivity contribution in [2.75, 3.05) is 37.4 Å². The Morgan fingerprint density at radius 1 is 1.22 bits per heavy atom. The summed E-state index contributed by atoms with van der Waals surface area (Å²) in [4.78, 5) is 31.8. The Labute approximate surface area is 189 Å². The highest BCUT2D eigenvalue weighted by Crippen LogP contribution is 2.39. The quantitative estimate of drug-likeness (QED) is 0.455. The summed E-state index contributed by atoms with van der Waals surface area (Å²) in [6, 6.07) is 3.88. The van der Waals surface area contributed by atoms with Gasteiger partial charge in [-0.2, -0.15) is 0 Å². The monoisotopic (exact) mass is 438 g/mol. The van der Waals surface area contributed by atoms with Crippen LogP contribution in [-0.2, 0) is 4.79 Å². The Morgan fingerprint density at radius 2 is 1.97 bits per heavy atom. The molecule has 1 aliphatic heterocycles. The molecule has 2 aliphatic rings. The first-order chi connectivity index (χ1) is 15.5. The van der Waals surface area contributed by atoms with Crippen LogP contribution in [0.25, 0.3) is 10.9 Å². The summed E-state index contributed by atoms with van der Waals surface area (Å²) in [7, 11) is 1.65. The molecule has 0 atom stereocenters. The molecular formula is C25H34N4O3. The van der Waals surface area contributed by atoms with Gasteiger partial charge in [-0.1, -0.05) is 13.3 Å². The van der Waals surface area contributed by atoms with E-state index in [9.17, 15) is 9.59 Å². The average molecular weight is 439 g/mol. The normalized spacial score (nSPS) is 16.9. The molecule has 1 aromatic heterocycles. The summed E-state index contributed by atoms with van der Waals surface area (Å²) in [6.45, 7) is 4.40. The zero-order valence-electron chi connectivity index (χ0n) is 19.2. The van der Waals surface area contributed by atoms with Crippen molar-refractivity contribution in [1.82, 2.24) is 10.3 Å². The molecule has 1 saturated carbocycles. The van der Waals surface area contributed by atoms with Crippen LogP contribution in [0.2, 0.25) is 0 Å². The van der Waals surface area contributed by atoms with Crippen LogP contribution in [0, 0.1) is 11.8 Å². The zero-order valence-corrected chi connectivity index (χ0v) is 19.2. The van der Waals surface area contributed by atoms with E-state index >= 15 is 0 Å². The summed E-state index contributed by atoms with van der Waals surface area (Å²) in [6.07, 6.45) is 8.09. The molecule has 172 valence electrons. The number of carbonyl (C=O) groups is 2. The fraction of sp³-hybridized carbons (Fsp3) is 0.560. The van der Waals surface area contributed by atoms with Crippen LogP contribution in [0.5, 0.6) is 5.75 Å². The number of ketones is 1. The minimum atomic E-state index is 0.0490. The van der Waals surface area contributed by atoms with Crippen molar-refractivity contribution < 1.29 is 14.3 Å². The highest BCUT2D eigenvalue weighted by molar-refractivity contribution is 6.08. The summed E-state index contributed by atoms with van der Waals surface area (Å²) in [5.74, 6) is 1.52. The van der Waals surface area contributed by atoms with Crippen LogP contribution in [0.3, 0.4) is 0 Å². The number of piperidine rings is 1. The van der Waals surface area contributed by atoms with Crippen LogP contribution in [-0.4, -0.2) is 43.4 Å². The van der Waals surface area contributed by atoms with Crippen LogP contribution >= 0.6 is 0 Å². The number of rotatable bonds is 9. The summed E-state index contributed by atoms with van der Waals surface area (Å²) < 4.78 is 5.66. The number of nitrogens with two attached hydrogens (primary N) is 1. The molecular weight excluding hydrogens is 404 g/mol. The van der Waals surface area contributed by atoms with Crippen LogP contribution in [0.15, 0.2) is 18.3 Å². The van der Waals surface area contributed by atoms with Gasteiger partial charge >= 0.3 is 0 Å². The molecule has 4 rings (SSSR count). The molecule has 0 unspecified atom stereocenters. The number of nitrogen functional groups attached to an aromatic ring is 1. The number of unbranched alkanes of at least 4 members (excludes halogenated alkanes) is 1. The van der Waals surface area contributed by atoms with E-state index in [0.29, 0.717) is 23.6 Å². The number of hydrogen-bond acceptors (Lipinski definition) is 6. The van der Waals surface area contributed by atoms with Gasteiger partial charge in [-0.05, 0) is 44.1 Å². The number of hydrogen-bond donors (Lipinski definition) is 2. The number of nitrogens with one attached hydrogen (secondary N) is 1. The summed E-state index contributed by atoms with van der Waals surface area (Å²) in [5.41, 5.74) is 9.12. The highest BCUT2D eigenvalue weighted by Gasteiger charge is 2.28. The minimum Gasteiger partial charge on any atom is -0.495 e. The Bertz CT molecular complexity index is 994. The highest BCUT2D eigenvalue weighted by atomic mass is 16.5. The molecule has 7 nitrogen and oxygen atoms in total. The van der Waals surface area contributed by atoms with E-state index in [1.807, 2.05) is 12.1 Å². The van der Waals surface area contributed by atoms with Crippen molar-refractivity contribution in [3.8, 4) is 5.75 Å². The van der Waals surface area contributed by atoms with E-state index in [0.717, 1.165) is 80.5 Å². The lowest BCUT2D eigenvalue weighted by atomic mass is 9.95. The first-order valence-electron chi connectivity index (χ1n) is 11.8. The smallest absolute Gasteiger partial charge is 0.223 e. The second-order valence-corrected chi connectivity index (χ2v) is 9.10. The molecule has 3 N–H and O–H groups in total. The third-order valence-corrected chi connectivity index (χ3v) is 6.72. The molecule has 0 spiro atoms. The zero-order chi connectivity index (χ0) is 22.7. The Kier molecular flexibility index (Phi) is 6.82. The van der Waals surface area contributed by atoms with E-state index in [4.69, 9.17) is 10.5 Å². The Balaban J connectivity index is 1.53. The molecule has 32 heavy (non-hydrogen) atoms. The Hall–Kier alpha value is -2.83. The lowest BCUT2D eigenvalue weighted by Crippen LogP contribution is -2.40. The van der Waals surface area contributed by atoms with Gasteiger partial charge in [0, 0.05) is 49.6 Å². The van der Waals surface area contributed by atoms with Crippen LogP contribution in [0.4, 0.5) is 11.4 Å². The number of aromatic nitrogens is 1. The number of nitrogens with zero attached hydrogens (tertiary/aromatic N) is 2. The van der Waals surface area contributed by atoms with Gasteiger partial charge in [-0.25, -0.2) is 0 Å². The number of benzene rings is 1. The molecule has 1 saturated heterocycles. The summed E-state index contributed by atoms with van der Waals surface area (Å²) >= 11 is 0. The van der Waals surface area contributed by atoms with Crippen molar-refractivity contribution in [1.29, 1.82) is 0 Å². The van der Waals surface area contributed by atoms with Crippen LogP contribution < -0.4 is 20.7 Å². The number of ether oxygens (including phenoxy) is 1. The molecule has 1 amide bonds. The molecule has 0 radical (unpaired) electrons. The van der Waals surface area contributed by atoms with Gasteiger partial charge in [0.2, 0.25) is 5.91 Å². The van der Waals surface area contributed by atoms with Gasteiger partial charge in [-0.15, -0.1) is 0 Å². The number of anilines is 2. The third-order valence-electron chi connectivity index (χ3n) is 6.72. The molecule has 2 aromatic rings. The molecule has 7 heteroatoms. The van der Waals surface area contributed by atoms with E-state index in [1.54, 1.807) is 13.3 Å². The molecule has 2 fully saturated rings. The number of carbonyl (C=O) groups excluding carboxylic acids is 2. The predicted molar refractivity (Wildman–Crippen MR) is 127 cm³/mol. The van der Waals surface area contributed by atoms with E-state index in [1.165, 1.54) is 0 Å². The van der Waals surface area contributed by atoms with Gasteiger partial charge in [-0.3, -0.25) is 14.6 Å². The van der Waals surface area contributed by atoms with Crippen molar-refractivity contribution >= 4 is 34.0 Å². The second-order valence-electron chi connectivity index (χ2n) is 9.10. The van der Waals surface area contributed by atoms with Gasteiger partial charge in [0.1, 0.15) is 5.75 Å². The van der Waals surface area contributed by atoms with Gasteiger partial charge < -0.3 is 20.7 Å². The summed E-state index contributed by atoms with van der Waals surface area (Å²) in [5, 5.41) is 3.84. The molecule has 2 heterocycles. The number of pyridine rings is 1. The van der Waals surface area contributed by atoms with Crippen molar-refractivity contribution in [2.24, 2.45) is 11.8 Å². The number of methoxy groups -OCH3 is 1. The molecule has 0 bridgehead atoms. The topological polar surface area (TPSA) is 97.6 Å². The van der Waals surface area contributed by atoms with Gasteiger partial charge in [0.05, 0.1) is 29.6 Å². The lowest BCUT2D eigenvalue weighted by Gasteiger charge is -2.34. The molecule has 1 aliphatic carbocycles. The van der Waals surface area contributed by atoms with E-state index in [2.05, 4.69) is 22.1 Å². The van der Waals surface area contributed by atoms with Gasteiger partial charge in [0.15, 0.2) is 5.78 Å². The first kappa shape index (κ1) is 22.4. The fourth-order valence-electron chi connectivity index (χ4n) is 4.47. The second kappa shape index (κ2) is 9.76. The Morgan fingerprint density at radius 3 is 2.62 bits per heavy atom. The maximum atomic E-state index is 12.7. The lowest BCUT2D eigenvalue weighted by molar-refractivity contribution is -0.125. The minimum absolute atomic E-state index is 0.0490. The number of Topliss-reactive ketones (excluding diaryl/α,β-unsaturated/α-hetero) is 1. The van der Waals surface area contributed by atoms with Crippen LogP contribution in [0.1, 0.15) is 62.2 Å². The molecule has 1 aromatic carbocycles. The first-order valence-corrected chi connectivity index (χ1v) is 11.8. The predicted octanol–water partition coefficient (Wildman–Crippen LogP) is 3.94. The maximum Gasteiger partial charge on any atom is 0.223 e. The fourth-order valence-corrected chi connectivity index (χ4v) is 4.47. The van der Waals surface area contributed by atoms with E-state index in [-0.39, 0.29) is 17.6 Å². The SMILES string of the molecule is CCCCNC(=O)C1CCN(c2cc3c(N)c(C(=O)CC4CC4)cnc3cc2OC)CC1. The third kappa shape index (κ3) is 4.81. The number of fused-ring (bicyclic) bond motifs is 1. The van der Waals surface area contributed by atoms with E-state index < -0.39 is 0 Å². The van der Waals surface area contributed by atoms with Crippen molar-refractivity contribution in [2.45, 2.75) is 51.9 Å². The van der Waals surface area contributed by atoms with Crippen molar-refractivity contribution in [3.05, 3.63) is 23.9 Å². The number of amides is 1. The largest absolute Gasteiger partial charge is 0.495 e. The average Bonchev–Trinajstić information content (AvgIpc) is 3.62.